The smallest absolute Gasteiger partial charge is 0.252 e. The molecule has 2 aliphatic rings. The minimum atomic E-state index is -0.0249. The van der Waals surface area contributed by atoms with Crippen molar-refractivity contribution in [3.05, 3.63) is 38.4 Å². The number of aromatic nitrogens is 1. The number of hydrogen-bond donors (Lipinski definition) is 1. The lowest BCUT2D eigenvalue weighted by atomic mass is 9.84. The predicted octanol–water partition coefficient (Wildman–Crippen LogP) is 4.22. The summed E-state index contributed by atoms with van der Waals surface area (Å²) in [5.74, 6) is 1.01. The molecule has 1 aliphatic heterocycles. The van der Waals surface area contributed by atoms with Crippen molar-refractivity contribution in [3.8, 4) is 0 Å². The van der Waals surface area contributed by atoms with Crippen LogP contribution in [0.4, 0.5) is 0 Å². The second kappa shape index (κ2) is 6.45. The number of hydrogen-bond acceptors (Lipinski definition) is 5. The van der Waals surface area contributed by atoms with Crippen LogP contribution in [0.2, 0.25) is 0 Å². The molecule has 0 unspecified atom stereocenters. The van der Waals surface area contributed by atoms with Gasteiger partial charge in [0, 0.05) is 41.0 Å². The Morgan fingerprint density at radius 3 is 2.70 bits per heavy atom. The molecule has 0 radical (unpaired) electrons. The van der Waals surface area contributed by atoms with Crippen LogP contribution in [0.25, 0.3) is 0 Å². The fourth-order valence-electron chi connectivity index (χ4n) is 4.13. The summed E-state index contributed by atoms with van der Waals surface area (Å²) in [7, 11) is 0. The van der Waals surface area contributed by atoms with Crippen LogP contribution in [0.1, 0.15) is 71.4 Å². The molecule has 146 valence electrons. The maximum Gasteiger partial charge on any atom is 0.252 e. The molecular weight excluding hydrogens is 358 g/mol. The Kier molecular flexibility index (Phi) is 4.47. The van der Waals surface area contributed by atoms with Crippen molar-refractivity contribution in [2.45, 2.75) is 72.5 Å². The van der Waals surface area contributed by atoms with Crippen LogP contribution in [0.15, 0.2) is 9.90 Å². The lowest BCUT2D eigenvalue weighted by molar-refractivity contribution is 0.0887. The molecule has 6 heteroatoms. The van der Waals surface area contributed by atoms with Gasteiger partial charge in [0.1, 0.15) is 5.76 Å². The van der Waals surface area contributed by atoms with E-state index in [2.05, 4.69) is 41.5 Å². The molecule has 1 N–H and O–H groups in total. The standard InChI is InChI=1S/C21H29N3O2S/c1-13-16(14(2)26-23-13)10-24-9-6-15-17(12-27-18(15)11-24)19(25)22-21(7-8-21)20(3,4)5/h12H,6-11H2,1-5H3,(H,22,25). The number of rotatable bonds is 4. The molecule has 1 saturated carbocycles. The third-order valence-corrected chi connectivity index (χ3v) is 7.39. The Hall–Kier alpha value is -1.66. The van der Waals surface area contributed by atoms with Crippen molar-refractivity contribution in [1.82, 2.24) is 15.4 Å². The number of amides is 1. The number of fused-ring (bicyclic) bond motifs is 1. The van der Waals surface area contributed by atoms with Crippen molar-refractivity contribution in [1.29, 1.82) is 0 Å². The summed E-state index contributed by atoms with van der Waals surface area (Å²) in [6.07, 6.45) is 3.09. The predicted molar refractivity (Wildman–Crippen MR) is 107 cm³/mol. The first-order valence-corrected chi connectivity index (χ1v) is 10.6. The summed E-state index contributed by atoms with van der Waals surface area (Å²) in [5.41, 5.74) is 4.38. The Morgan fingerprint density at radius 1 is 1.37 bits per heavy atom. The number of aryl methyl sites for hydroxylation is 2. The normalized spacial score (nSPS) is 19.0. The maximum absolute atomic E-state index is 13.0. The molecule has 3 heterocycles. The van der Waals surface area contributed by atoms with Crippen LogP contribution >= 0.6 is 11.3 Å². The Balaban J connectivity index is 1.47. The van der Waals surface area contributed by atoms with Crippen LogP contribution in [-0.4, -0.2) is 28.0 Å². The first-order chi connectivity index (χ1) is 12.7. The fraction of sp³-hybridized carbons (Fsp3) is 0.619. The van der Waals surface area contributed by atoms with Gasteiger partial charge in [-0.25, -0.2) is 0 Å². The SMILES string of the molecule is Cc1noc(C)c1CN1CCc2c(C(=O)NC3(C(C)(C)C)CC3)csc2C1. The van der Waals surface area contributed by atoms with Crippen LogP contribution < -0.4 is 5.32 Å². The van der Waals surface area contributed by atoms with Crippen LogP contribution in [0.3, 0.4) is 0 Å². The van der Waals surface area contributed by atoms with Gasteiger partial charge < -0.3 is 9.84 Å². The Morgan fingerprint density at radius 2 is 2.11 bits per heavy atom. The molecule has 1 fully saturated rings. The number of carbonyl (C=O) groups excluding carboxylic acids is 1. The summed E-state index contributed by atoms with van der Waals surface area (Å²) in [4.78, 5) is 16.7. The van der Waals surface area contributed by atoms with E-state index in [1.807, 2.05) is 13.8 Å². The molecule has 0 saturated heterocycles. The molecule has 0 spiro atoms. The van der Waals surface area contributed by atoms with Crippen molar-refractivity contribution < 1.29 is 9.32 Å². The second-order valence-corrected chi connectivity index (χ2v) is 10.1. The van der Waals surface area contributed by atoms with Gasteiger partial charge in [-0.3, -0.25) is 9.69 Å². The summed E-state index contributed by atoms with van der Waals surface area (Å²) in [6.45, 7) is 13.3. The summed E-state index contributed by atoms with van der Waals surface area (Å²) in [5, 5.41) is 9.47. The van der Waals surface area contributed by atoms with E-state index in [1.54, 1.807) is 11.3 Å². The van der Waals surface area contributed by atoms with Gasteiger partial charge in [0.2, 0.25) is 0 Å². The van der Waals surface area contributed by atoms with E-state index in [-0.39, 0.29) is 16.9 Å². The first-order valence-electron chi connectivity index (χ1n) is 9.76. The monoisotopic (exact) mass is 387 g/mol. The van der Waals surface area contributed by atoms with Gasteiger partial charge in [-0.2, -0.15) is 0 Å². The zero-order valence-electron chi connectivity index (χ0n) is 16.9. The van der Waals surface area contributed by atoms with Gasteiger partial charge in [-0.1, -0.05) is 25.9 Å². The average molecular weight is 388 g/mol. The van der Waals surface area contributed by atoms with Crippen molar-refractivity contribution >= 4 is 17.2 Å². The van der Waals surface area contributed by atoms with Gasteiger partial charge in [0.15, 0.2) is 0 Å². The zero-order valence-corrected chi connectivity index (χ0v) is 17.8. The fourth-order valence-corrected chi connectivity index (χ4v) is 5.25. The molecule has 0 bridgehead atoms. The molecule has 1 aliphatic carbocycles. The highest BCUT2D eigenvalue weighted by Crippen LogP contribution is 2.49. The van der Waals surface area contributed by atoms with E-state index in [0.29, 0.717) is 0 Å². The van der Waals surface area contributed by atoms with Crippen LogP contribution in [0, 0.1) is 19.3 Å². The minimum Gasteiger partial charge on any atom is -0.361 e. The van der Waals surface area contributed by atoms with E-state index in [9.17, 15) is 4.79 Å². The number of carbonyl (C=O) groups is 1. The summed E-state index contributed by atoms with van der Waals surface area (Å²) < 4.78 is 5.29. The van der Waals surface area contributed by atoms with E-state index < -0.39 is 0 Å². The highest BCUT2D eigenvalue weighted by molar-refractivity contribution is 7.10. The van der Waals surface area contributed by atoms with Crippen LogP contribution in [0.5, 0.6) is 0 Å². The first kappa shape index (κ1) is 18.7. The van der Waals surface area contributed by atoms with E-state index in [4.69, 9.17) is 4.52 Å². The molecule has 4 rings (SSSR count). The number of nitrogens with zero attached hydrogens (tertiary/aromatic N) is 2. The zero-order chi connectivity index (χ0) is 19.4. The third kappa shape index (κ3) is 3.34. The van der Waals surface area contributed by atoms with Gasteiger partial charge in [-0.05, 0) is 44.1 Å². The Bertz CT molecular complexity index is 851. The van der Waals surface area contributed by atoms with Gasteiger partial charge in [0.25, 0.3) is 5.91 Å². The van der Waals surface area contributed by atoms with Crippen LogP contribution in [-0.2, 0) is 19.5 Å². The summed E-state index contributed by atoms with van der Waals surface area (Å²) >= 11 is 1.72. The molecule has 0 atom stereocenters. The Labute approximate surface area is 165 Å². The van der Waals surface area contributed by atoms with E-state index in [0.717, 1.165) is 55.9 Å². The molecule has 1 amide bonds. The largest absolute Gasteiger partial charge is 0.361 e. The molecule has 5 nitrogen and oxygen atoms in total. The molecular formula is C21H29N3O2S. The molecule has 27 heavy (non-hydrogen) atoms. The minimum absolute atomic E-state index is 0.0249. The van der Waals surface area contributed by atoms with E-state index in [1.165, 1.54) is 16.0 Å². The number of thiophene rings is 1. The van der Waals surface area contributed by atoms with Crippen molar-refractivity contribution in [3.63, 3.8) is 0 Å². The highest BCUT2D eigenvalue weighted by Gasteiger charge is 2.53. The second-order valence-electron chi connectivity index (χ2n) is 9.10. The number of nitrogens with one attached hydrogen (secondary N) is 1. The highest BCUT2D eigenvalue weighted by atomic mass is 32.1. The van der Waals surface area contributed by atoms with Crippen molar-refractivity contribution in [2.75, 3.05) is 6.54 Å². The molecule has 2 aromatic heterocycles. The molecule has 2 aromatic rings. The lowest BCUT2D eigenvalue weighted by Crippen LogP contribution is -2.46. The third-order valence-electron chi connectivity index (χ3n) is 6.37. The van der Waals surface area contributed by atoms with Gasteiger partial charge in [0.05, 0.1) is 11.3 Å². The lowest BCUT2D eigenvalue weighted by Gasteiger charge is -2.32. The summed E-state index contributed by atoms with van der Waals surface area (Å²) in [6, 6.07) is 0. The quantitative estimate of drug-likeness (QED) is 0.853. The maximum atomic E-state index is 13.0. The van der Waals surface area contributed by atoms with E-state index >= 15 is 0 Å². The van der Waals surface area contributed by atoms with Gasteiger partial charge >= 0.3 is 0 Å². The van der Waals surface area contributed by atoms with Gasteiger partial charge in [-0.15, -0.1) is 11.3 Å². The average Bonchev–Trinajstić information content (AvgIpc) is 3.18. The topological polar surface area (TPSA) is 58.4 Å². The molecule has 0 aromatic carbocycles. The van der Waals surface area contributed by atoms with Crippen molar-refractivity contribution in [2.24, 2.45) is 5.41 Å².